The number of alkyl halides is 2. The third-order valence-corrected chi connectivity index (χ3v) is 8.37. The van der Waals surface area contributed by atoms with Gasteiger partial charge in [-0.15, -0.1) is 11.3 Å². The van der Waals surface area contributed by atoms with Crippen molar-refractivity contribution in [1.29, 1.82) is 0 Å². The molecule has 8 nitrogen and oxygen atoms in total. The minimum Gasteiger partial charge on any atom is -0.384 e. The first kappa shape index (κ1) is 27.3. The maximum Gasteiger partial charge on any atom is 0.263 e. The molecular weight excluding hydrogens is 524 g/mol. The van der Waals surface area contributed by atoms with E-state index in [0.717, 1.165) is 35.9 Å². The average Bonchev–Trinajstić information content (AvgIpc) is 3.66. The van der Waals surface area contributed by atoms with Crippen LogP contribution >= 0.6 is 11.3 Å². The minimum atomic E-state index is -2.66. The number of nitrogens with zero attached hydrogens (tertiary/aromatic N) is 3. The van der Waals surface area contributed by atoms with E-state index < -0.39 is 17.9 Å². The number of carbonyl (C=O) groups is 2. The predicted octanol–water partition coefficient (Wildman–Crippen LogP) is 3.89. The standard InChI is InChI=1S/C28H31F2N5O3S/c29-25(30)18-2-1-3-19(14-18)26(37)33-16-24(36)35-12-8-22(17-35)34-21-6-9-28(38,10-7-21)23-5-4-20(15-32-23)27-31-11-13-39-27/h1-5,11,13-15,21-22,25,34,38H,6-10,12,16-17H2,(H,33,37)/t21?,22-,28?/m0/s1. The normalized spacial score (nSPS) is 23.2. The van der Waals surface area contributed by atoms with E-state index in [1.807, 2.05) is 17.5 Å². The summed E-state index contributed by atoms with van der Waals surface area (Å²) in [5.74, 6) is -0.760. The van der Waals surface area contributed by atoms with Gasteiger partial charge in [-0.05, 0) is 56.4 Å². The van der Waals surface area contributed by atoms with E-state index in [1.165, 1.54) is 18.2 Å². The molecule has 1 aromatic carbocycles. The van der Waals surface area contributed by atoms with Gasteiger partial charge in [0.15, 0.2) is 0 Å². The van der Waals surface area contributed by atoms with Gasteiger partial charge < -0.3 is 20.6 Å². The van der Waals surface area contributed by atoms with Crippen LogP contribution in [0.2, 0.25) is 0 Å². The van der Waals surface area contributed by atoms with Crippen LogP contribution in [0.3, 0.4) is 0 Å². The molecular formula is C28H31F2N5O3S. The molecule has 39 heavy (non-hydrogen) atoms. The van der Waals surface area contributed by atoms with Gasteiger partial charge in [-0.2, -0.15) is 0 Å². The lowest BCUT2D eigenvalue weighted by molar-refractivity contribution is -0.129. The topological polar surface area (TPSA) is 107 Å². The number of benzene rings is 1. The number of rotatable bonds is 8. The van der Waals surface area contributed by atoms with Crippen LogP contribution in [-0.4, -0.2) is 63.5 Å². The van der Waals surface area contributed by atoms with Crippen LogP contribution in [0.4, 0.5) is 8.78 Å². The van der Waals surface area contributed by atoms with Crippen molar-refractivity contribution in [3.63, 3.8) is 0 Å². The monoisotopic (exact) mass is 555 g/mol. The van der Waals surface area contributed by atoms with Gasteiger partial charge in [-0.25, -0.2) is 13.8 Å². The molecule has 0 bridgehead atoms. The van der Waals surface area contributed by atoms with Crippen LogP contribution < -0.4 is 10.6 Å². The molecule has 3 aromatic rings. The Balaban J connectivity index is 1.06. The molecule has 1 saturated carbocycles. The Hall–Kier alpha value is -3.28. The molecule has 0 unspecified atom stereocenters. The summed E-state index contributed by atoms with van der Waals surface area (Å²) in [5, 5.41) is 20.3. The summed E-state index contributed by atoms with van der Waals surface area (Å²) in [6.45, 7) is 0.935. The molecule has 3 heterocycles. The number of pyridine rings is 1. The second kappa shape index (κ2) is 11.8. The third kappa shape index (κ3) is 6.48. The van der Waals surface area contributed by atoms with Crippen LogP contribution in [-0.2, 0) is 10.4 Å². The van der Waals surface area contributed by atoms with E-state index in [1.54, 1.807) is 28.6 Å². The fraction of sp³-hybridized carbons (Fsp3) is 0.429. The summed E-state index contributed by atoms with van der Waals surface area (Å²) in [5.41, 5.74) is 0.536. The molecule has 5 rings (SSSR count). The summed E-state index contributed by atoms with van der Waals surface area (Å²) in [4.78, 5) is 35.5. The van der Waals surface area contributed by atoms with Crippen molar-refractivity contribution in [2.24, 2.45) is 0 Å². The lowest BCUT2D eigenvalue weighted by Gasteiger charge is -2.37. The highest BCUT2D eigenvalue weighted by atomic mass is 32.1. The Morgan fingerprint density at radius 1 is 1.13 bits per heavy atom. The van der Waals surface area contributed by atoms with Gasteiger partial charge in [0.25, 0.3) is 12.3 Å². The first-order chi connectivity index (χ1) is 18.8. The Labute approximate surface area is 229 Å². The quantitative estimate of drug-likeness (QED) is 0.389. The van der Waals surface area contributed by atoms with Gasteiger partial charge in [-0.3, -0.25) is 14.6 Å². The van der Waals surface area contributed by atoms with Gasteiger partial charge in [-0.1, -0.05) is 12.1 Å². The van der Waals surface area contributed by atoms with E-state index in [2.05, 4.69) is 20.6 Å². The number of aromatic nitrogens is 2. The van der Waals surface area contributed by atoms with Gasteiger partial charge in [0, 0.05) is 59.6 Å². The van der Waals surface area contributed by atoms with Crippen molar-refractivity contribution in [1.82, 2.24) is 25.5 Å². The number of nitrogens with one attached hydrogen (secondary N) is 2. The molecule has 2 aromatic heterocycles. The zero-order valence-electron chi connectivity index (χ0n) is 21.4. The SMILES string of the molecule is O=C(NCC(=O)N1CC[C@H](NC2CCC(O)(c3ccc(-c4nccs4)cn3)CC2)C1)c1cccc(C(F)F)c1. The third-order valence-electron chi connectivity index (χ3n) is 7.55. The number of halogens is 2. The maximum atomic E-state index is 12.9. The van der Waals surface area contributed by atoms with Crippen molar-refractivity contribution in [2.45, 2.75) is 56.2 Å². The Morgan fingerprint density at radius 3 is 2.64 bits per heavy atom. The van der Waals surface area contributed by atoms with Gasteiger partial charge in [0.1, 0.15) is 10.6 Å². The van der Waals surface area contributed by atoms with Crippen LogP contribution in [0.15, 0.2) is 54.2 Å². The highest BCUT2D eigenvalue weighted by molar-refractivity contribution is 7.13. The first-order valence-corrected chi connectivity index (χ1v) is 14.0. The summed E-state index contributed by atoms with van der Waals surface area (Å²) in [6.07, 6.45) is 4.46. The summed E-state index contributed by atoms with van der Waals surface area (Å²) in [6, 6.07) is 9.46. The van der Waals surface area contributed by atoms with Crippen molar-refractivity contribution < 1.29 is 23.5 Å². The molecule has 0 spiro atoms. The van der Waals surface area contributed by atoms with Crippen LogP contribution in [0, 0.1) is 0 Å². The predicted molar refractivity (Wildman–Crippen MR) is 143 cm³/mol. The Kier molecular flexibility index (Phi) is 8.29. The molecule has 1 aliphatic carbocycles. The Bertz CT molecular complexity index is 1280. The zero-order chi connectivity index (χ0) is 27.4. The maximum absolute atomic E-state index is 12.9. The molecule has 1 atom stereocenters. The second-order valence-electron chi connectivity index (χ2n) is 10.2. The number of likely N-dealkylation sites (tertiary alicyclic amines) is 1. The lowest BCUT2D eigenvalue weighted by atomic mass is 9.79. The van der Waals surface area contributed by atoms with E-state index in [9.17, 15) is 23.5 Å². The molecule has 1 saturated heterocycles. The van der Waals surface area contributed by atoms with Gasteiger partial charge in [0.05, 0.1) is 12.2 Å². The average molecular weight is 556 g/mol. The number of hydrogen-bond donors (Lipinski definition) is 3. The number of hydrogen-bond acceptors (Lipinski definition) is 7. The van der Waals surface area contributed by atoms with E-state index in [4.69, 9.17) is 0 Å². The Morgan fingerprint density at radius 2 is 1.95 bits per heavy atom. The largest absolute Gasteiger partial charge is 0.384 e. The fourth-order valence-electron chi connectivity index (χ4n) is 5.32. The number of thiazole rings is 1. The van der Waals surface area contributed by atoms with Crippen molar-refractivity contribution in [3.8, 4) is 10.6 Å². The van der Waals surface area contributed by atoms with E-state index in [0.29, 0.717) is 31.6 Å². The molecule has 2 amide bonds. The van der Waals surface area contributed by atoms with Crippen molar-refractivity contribution in [2.75, 3.05) is 19.6 Å². The minimum absolute atomic E-state index is 0.101. The summed E-state index contributed by atoms with van der Waals surface area (Å²) < 4.78 is 25.8. The molecule has 2 aliphatic rings. The number of carbonyl (C=O) groups excluding carboxylic acids is 2. The molecule has 11 heteroatoms. The molecule has 206 valence electrons. The van der Waals surface area contributed by atoms with Crippen LogP contribution in [0.1, 0.15) is 60.1 Å². The molecule has 0 radical (unpaired) electrons. The second-order valence-corrected chi connectivity index (χ2v) is 11.1. The van der Waals surface area contributed by atoms with E-state index >= 15 is 0 Å². The fourth-order valence-corrected chi connectivity index (χ4v) is 5.95. The smallest absolute Gasteiger partial charge is 0.263 e. The highest BCUT2D eigenvalue weighted by Crippen LogP contribution is 2.37. The van der Waals surface area contributed by atoms with E-state index in [-0.39, 0.29) is 35.7 Å². The molecule has 2 fully saturated rings. The highest BCUT2D eigenvalue weighted by Gasteiger charge is 2.37. The van der Waals surface area contributed by atoms with Crippen LogP contribution in [0.5, 0.6) is 0 Å². The number of amides is 2. The zero-order valence-corrected chi connectivity index (χ0v) is 22.2. The molecule has 1 aliphatic heterocycles. The van der Waals surface area contributed by atoms with Gasteiger partial charge in [0.2, 0.25) is 5.91 Å². The molecule has 3 N–H and O–H groups in total. The first-order valence-electron chi connectivity index (χ1n) is 13.1. The van der Waals surface area contributed by atoms with Crippen LogP contribution in [0.25, 0.3) is 10.6 Å². The van der Waals surface area contributed by atoms with Crippen molar-refractivity contribution >= 4 is 23.2 Å². The summed E-state index contributed by atoms with van der Waals surface area (Å²) in [7, 11) is 0. The lowest BCUT2D eigenvalue weighted by Crippen LogP contribution is -2.46. The van der Waals surface area contributed by atoms with Crippen molar-refractivity contribution in [3.05, 3.63) is 71.0 Å². The summed E-state index contributed by atoms with van der Waals surface area (Å²) >= 11 is 1.55. The number of aliphatic hydroxyl groups is 1. The van der Waals surface area contributed by atoms with Gasteiger partial charge >= 0.3 is 0 Å².